The Labute approximate surface area is 105 Å². The van der Waals surface area contributed by atoms with E-state index in [9.17, 15) is 9.90 Å². The number of carbonyl (C=O) groups is 1. The van der Waals surface area contributed by atoms with E-state index >= 15 is 0 Å². The van der Waals surface area contributed by atoms with Crippen LogP contribution in [0.5, 0.6) is 0 Å². The van der Waals surface area contributed by atoms with Crippen molar-refractivity contribution >= 4 is 17.5 Å². The fourth-order valence-corrected chi connectivity index (χ4v) is 2.24. The highest BCUT2D eigenvalue weighted by Gasteiger charge is 2.22. The Bertz CT molecular complexity index is 403. The molecule has 0 aromatic carbocycles. The molecule has 1 aromatic rings. The minimum Gasteiger partial charge on any atom is -0.393 e. The van der Waals surface area contributed by atoms with Crippen LogP contribution in [0.4, 0.5) is 0 Å². The fraction of sp³-hybridized carbons (Fsp3) is 0.500. The average Bonchev–Trinajstić information content (AvgIpc) is 2.32. The van der Waals surface area contributed by atoms with Crippen molar-refractivity contribution in [3.05, 3.63) is 29.0 Å². The van der Waals surface area contributed by atoms with Crippen molar-refractivity contribution in [2.24, 2.45) is 0 Å². The highest BCUT2D eigenvalue weighted by Crippen LogP contribution is 2.19. The Morgan fingerprint density at radius 2 is 2.12 bits per heavy atom. The summed E-state index contributed by atoms with van der Waals surface area (Å²) >= 11 is 5.85. The Balaban J connectivity index is 1.96. The van der Waals surface area contributed by atoms with Crippen LogP contribution in [0, 0.1) is 0 Å². The monoisotopic (exact) mass is 254 g/mol. The normalized spacial score (nSPS) is 24.4. The Hall–Kier alpha value is -1.13. The molecule has 0 radical (unpaired) electrons. The quantitative estimate of drug-likeness (QED) is 0.791. The van der Waals surface area contributed by atoms with Crippen LogP contribution in [0.2, 0.25) is 5.15 Å². The van der Waals surface area contributed by atoms with Crippen LogP contribution in [0.1, 0.15) is 36.0 Å². The molecule has 1 amide bonds. The standard InChI is InChI=1S/C12H15ClN2O2/c13-11-10(2-1-7-14-11)12(17)15-8-3-5-9(16)6-4-8/h1-2,7-9,16H,3-6H2,(H,15,17). The number of nitrogens with one attached hydrogen (secondary N) is 1. The number of nitrogens with zero attached hydrogens (tertiary/aromatic N) is 1. The molecule has 0 saturated heterocycles. The van der Waals surface area contributed by atoms with E-state index in [0.717, 1.165) is 25.7 Å². The summed E-state index contributed by atoms with van der Waals surface area (Å²) < 4.78 is 0. The molecule has 0 bridgehead atoms. The predicted molar refractivity (Wildman–Crippen MR) is 65.0 cm³/mol. The van der Waals surface area contributed by atoms with Gasteiger partial charge < -0.3 is 10.4 Å². The van der Waals surface area contributed by atoms with E-state index in [2.05, 4.69) is 10.3 Å². The van der Waals surface area contributed by atoms with E-state index in [1.807, 2.05) is 0 Å². The van der Waals surface area contributed by atoms with Gasteiger partial charge in [0.2, 0.25) is 0 Å². The number of hydrogen-bond donors (Lipinski definition) is 2. The van der Waals surface area contributed by atoms with E-state index in [-0.39, 0.29) is 23.2 Å². The highest BCUT2D eigenvalue weighted by molar-refractivity contribution is 6.32. The molecule has 5 heteroatoms. The van der Waals surface area contributed by atoms with Gasteiger partial charge in [-0.3, -0.25) is 4.79 Å². The summed E-state index contributed by atoms with van der Waals surface area (Å²) in [4.78, 5) is 15.8. The van der Waals surface area contributed by atoms with Crippen molar-refractivity contribution in [3.8, 4) is 0 Å². The summed E-state index contributed by atoms with van der Waals surface area (Å²) in [7, 11) is 0. The number of pyridine rings is 1. The first-order valence-electron chi connectivity index (χ1n) is 5.76. The van der Waals surface area contributed by atoms with Gasteiger partial charge >= 0.3 is 0 Å². The Kier molecular flexibility index (Phi) is 3.97. The third-order valence-electron chi connectivity index (χ3n) is 3.04. The minimum absolute atomic E-state index is 0.127. The number of aromatic nitrogens is 1. The number of hydrogen-bond acceptors (Lipinski definition) is 3. The first kappa shape index (κ1) is 12.3. The molecule has 1 aliphatic rings. The van der Waals surface area contributed by atoms with Crippen molar-refractivity contribution in [2.75, 3.05) is 0 Å². The number of amides is 1. The summed E-state index contributed by atoms with van der Waals surface area (Å²) in [6.45, 7) is 0. The first-order valence-corrected chi connectivity index (χ1v) is 6.14. The van der Waals surface area contributed by atoms with Crippen LogP contribution in [0.25, 0.3) is 0 Å². The zero-order valence-electron chi connectivity index (χ0n) is 9.40. The van der Waals surface area contributed by atoms with Crippen LogP contribution in [-0.4, -0.2) is 28.1 Å². The summed E-state index contributed by atoms with van der Waals surface area (Å²) in [5, 5.41) is 12.5. The lowest BCUT2D eigenvalue weighted by molar-refractivity contribution is 0.0867. The maximum absolute atomic E-state index is 11.9. The molecule has 0 atom stereocenters. The number of carbonyl (C=O) groups excluding carboxylic acids is 1. The van der Waals surface area contributed by atoms with Gasteiger partial charge in [0, 0.05) is 12.2 Å². The molecule has 92 valence electrons. The zero-order chi connectivity index (χ0) is 12.3. The van der Waals surface area contributed by atoms with Gasteiger partial charge in [-0.05, 0) is 37.8 Å². The Morgan fingerprint density at radius 3 is 2.76 bits per heavy atom. The summed E-state index contributed by atoms with van der Waals surface area (Å²) in [5.41, 5.74) is 0.403. The van der Waals surface area contributed by atoms with Crippen molar-refractivity contribution in [3.63, 3.8) is 0 Å². The third kappa shape index (κ3) is 3.17. The highest BCUT2D eigenvalue weighted by atomic mass is 35.5. The lowest BCUT2D eigenvalue weighted by Gasteiger charge is -2.26. The SMILES string of the molecule is O=C(NC1CCC(O)CC1)c1cccnc1Cl. The molecule has 4 nitrogen and oxygen atoms in total. The molecular weight excluding hydrogens is 240 g/mol. The van der Waals surface area contributed by atoms with E-state index in [0.29, 0.717) is 5.56 Å². The minimum atomic E-state index is -0.217. The number of aliphatic hydroxyl groups excluding tert-OH is 1. The van der Waals surface area contributed by atoms with Crippen molar-refractivity contribution in [1.29, 1.82) is 0 Å². The molecule has 0 unspecified atom stereocenters. The maximum atomic E-state index is 11.9. The number of rotatable bonds is 2. The topological polar surface area (TPSA) is 62.2 Å². The van der Waals surface area contributed by atoms with Gasteiger partial charge in [-0.15, -0.1) is 0 Å². The van der Waals surface area contributed by atoms with E-state index in [4.69, 9.17) is 11.6 Å². The zero-order valence-corrected chi connectivity index (χ0v) is 10.2. The maximum Gasteiger partial charge on any atom is 0.254 e. The fourth-order valence-electron chi connectivity index (χ4n) is 2.04. The molecule has 0 aliphatic heterocycles. The van der Waals surface area contributed by atoms with Gasteiger partial charge in [-0.25, -0.2) is 4.98 Å². The van der Waals surface area contributed by atoms with Crippen LogP contribution in [0.15, 0.2) is 18.3 Å². The van der Waals surface area contributed by atoms with Gasteiger partial charge in [-0.2, -0.15) is 0 Å². The molecule has 17 heavy (non-hydrogen) atoms. The molecule has 1 saturated carbocycles. The van der Waals surface area contributed by atoms with E-state index < -0.39 is 0 Å². The summed E-state index contributed by atoms with van der Waals surface area (Å²) in [5.74, 6) is -0.190. The average molecular weight is 255 g/mol. The summed E-state index contributed by atoms with van der Waals surface area (Å²) in [6.07, 6.45) is 4.44. The van der Waals surface area contributed by atoms with E-state index in [1.54, 1.807) is 18.3 Å². The molecule has 2 N–H and O–H groups in total. The lowest BCUT2D eigenvalue weighted by atomic mass is 9.93. The smallest absolute Gasteiger partial charge is 0.254 e. The second-order valence-electron chi connectivity index (χ2n) is 4.32. The number of aliphatic hydroxyl groups is 1. The van der Waals surface area contributed by atoms with Gasteiger partial charge in [0.1, 0.15) is 5.15 Å². The van der Waals surface area contributed by atoms with Crippen molar-refractivity contribution < 1.29 is 9.90 Å². The molecule has 2 rings (SSSR count). The Morgan fingerprint density at radius 1 is 1.41 bits per heavy atom. The molecule has 1 fully saturated rings. The lowest BCUT2D eigenvalue weighted by Crippen LogP contribution is -2.38. The van der Waals surface area contributed by atoms with Crippen molar-refractivity contribution in [1.82, 2.24) is 10.3 Å². The van der Waals surface area contributed by atoms with Crippen LogP contribution < -0.4 is 5.32 Å². The van der Waals surface area contributed by atoms with Gasteiger partial charge in [0.25, 0.3) is 5.91 Å². The largest absolute Gasteiger partial charge is 0.393 e. The van der Waals surface area contributed by atoms with Crippen LogP contribution >= 0.6 is 11.6 Å². The second-order valence-corrected chi connectivity index (χ2v) is 4.68. The van der Waals surface area contributed by atoms with Crippen LogP contribution in [-0.2, 0) is 0 Å². The van der Waals surface area contributed by atoms with Crippen molar-refractivity contribution in [2.45, 2.75) is 37.8 Å². The van der Waals surface area contributed by atoms with Gasteiger partial charge in [0.05, 0.1) is 11.7 Å². The first-order chi connectivity index (χ1) is 8.16. The van der Waals surface area contributed by atoms with Crippen LogP contribution in [0.3, 0.4) is 0 Å². The molecule has 1 aromatic heterocycles. The molecule has 1 heterocycles. The van der Waals surface area contributed by atoms with E-state index in [1.165, 1.54) is 0 Å². The van der Waals surface area contributed by atoms with Gasteiger partial charge in [0.15, 0.2) is 0 Å². The second kappa shape index (κ2) is 5.47. The third-order valence-corrected chi connectivity index (χ3v) is 3.34. The molecule has 1 aliphatic carbocycles. The molecule has 0 spiro atoms. The number of halogens is 1. The molecular formula is C12H15ClN2O2. The predicted octanol–water partition coefficient (Wildman–Crippen LogP) is 1.77. The van der Waals surface area contributed by atoms with Gasteiger partial charge in [-0.1, -0.05) is 11.6 Å². The summed E-state index contributed by atoms with van der Waals surface area (Å²) in [6, 6.07) is 3.47.